The average Bonchev–Trinajstić information content (AvgIpc) is 2.99. The van der Waals surface area contributed by atoms with Gasteiger partial charge in [0.1, 0.15) is 5.41 Å². The third-order valence-electron chi connectivity index (χ3n) is 7.68. The van der Waals surface area contributed by atoms with E-state index in [-0.39, 0.29) is 35.8 Å². The van der Waals surface area contributed by atoms with Crippen molar-refractivity contribution in [1.82, 2.24) is 4.90 Å². The second-order valence-corrected chi connectivity index (χ2v) is 8.90. The van der Waals surface area contributed by atoms with E-state index in [0.717, 1.165) is 16.8 Å². The van der Waals surface area contributed by atoms with Gasteiger partial charge in [0.15, 0.2) is 0 Å². The summed E-state index contributed by atoms with van der Waals surface area (Å²) in [6.07, 6.45) is 1.06. The van der Waals surface area contributed by atoms with Crippen LogP contribution < -0.4 is 4.90 Å². The van der Waals surface area contributed by atoms with E-state index < -0.39 is 5.41 Å². The van der Waals surface area contributed by atoms with Crippen molar-refractivity contribution in [3.63, 3.8) is 0 Å². The van der Waals surface area contributed by atoms with E-state index >= 15 is 0 Å². The summed E-state index contributed by atoms with van der Waals surface area (Å²) in [4.78, 5) is 30.8. The first-order chi connectivity index (χ1) is 14.1. The summed E-state index contributed by atoms with van der Waals surface area (Å²) in [5, 5.41) is 0. The fraction of sp³-hybridized carbons (Fsp3) is 0.417. The number of hydrogen-bond acceptors (Lipinski definition) is 3. The van der Waals surface area contributed by atoms with E-state index in [9.17, 15) is 9.59 Å². The maximum atomic E-state index is 13.6. The highest BCUT2D eigenvalue weighted by molar-refractivity contribution is 6.08. The van der Waals surface area contributed by atoms with E-state index in [0.29, 0.717) is 26.0 Å². The van der Waals surface area contributed by atoms with Gasteiger partial charge >= 0.3 is 0 Å². The van der Waals surface area contributed by atoms with Gasteiger partial charge in [0.2, 0.25) is 11.8 Å². The second kappa shape index (κ2) is 5.92. The molecule has 5 aliphatic rings. The zero-order valence-electron chi connectivity index (χ0n) is 16.5. The Morgan fingerprint density at radius 1 is 1.07 bits per heavy atom. The van der Waals surface area contributed by atoms with Crippen LogP contribution in [0.4, 0.5) is 5.69 Å². The van der Waals surface area contributed by atoms with Crippen molar-refractivity contribution in [2.45, 2.75) is 36.9 Å². The van der Waals surface area contributed by atoms with E-state index in [1.165, 1.54) is 0 Å². The quantitative estimate of drug-likeness (QED) is 0.795. The highest BCUT2D eigenvalue weighted by Crippen LogP contribution is 2.57. The van der Waals surface area contributed by atoms with Crippen LogP contribution in [-0.4, -0.2) is 42.5 Å². The topological polar surface area (TPSA) is 49.9 Å². The lowest BCUT2D eigenvalue weighted by atomic mass is 9.71. The van der Waals surface area contributed by atoms with E-state index in [1.807, 2.05) is 48.3 Å². The Balaban J connectivity index is 1.46. The number of nitrogens with zero attached hydrogens (tertiary/aromatic N) is 2. The van der Waals surface area contributed by atoms with Gasteiger partial charge in [-0.1, -0.05) is 48.5 Å². The van der Waals surface area contributed by atoms with Crippen LogP contribution >= 0.6 is 0 Å². The molecule has 2 aromatic carbocycles. The molecule has 148 valence electrons. The molecule has 1 aliphatic carbocycles. The molecular weight excluding hydrogens is 364 g/mol. The highest BCUT2D eigenvalue weighted by Gasteiger charge is 2.66. The van der Waals surface area contributed by atoms with Gasteiger partial charge in [-0.25, -0.2) is 0 Å². The van der Waals surface area contributed by atoms with Crippen LogP contribution in [0.2, 0.25) is 0 Å². The SMILES string of the molecule is CN1C(=O)[C@@]2(C[C@H]3[C@H]4CO[C@@H]2C[C@H]4C(=O)N3Cc2ccccc2)c2ccccc21. The molecule has 7 rings (SSSR count). The van der Waals surface area contributed by atoms with Crippen molar-refractivity contribution in [1.29, 1.82) is 0 Å². The van der Waals surface area contributed by atoms with Crippen molar-refractivity contribution in [3.05, 3.63) is 65.7 Å². The van der Waals surface area contributed by atoms with Crippen LogP contribution in [0.15, 0.2) is 54.6 Å². The number of rotatable bonds is 2. The number of carbonyl (C=O) groups is 2. The number of anilines is 1. The summed E-state index contributed by atoms with van der Waals surface area (Å²) in [6, 6.07) is 18.3. The van der Waals surface area contributed by atoms with Gasteiger partial charge in [-0.15, -0.1) is 0 Å². The first-order valence-corrected chi connectivity index (χ1v) is 10.4. The molecule has 1 saturated carbocycles. The van der Waals surface area contributed by atoms with Gasteiger partial charge < -0.3 is 14.5 Å². The van der Waals surface area contributed by atoms with E-state index in [4.69, 9.17) is 4.74 Å². The highest BCUT2D eigenvalue weighted by atomic mass is 16.5. The summed E-state index contributed by atoms with van der Waals surface area (Å²) < 4.78 is 6.32. The molecule has 5 nitrogen and oxygen atoms in total. The zero-order chi connectivity index (χ0) is 19.8. The minimum Gasteiger partial charge on any atom is -0.376 e. The van der Waals surface area contributed by atoms with Gasteiger partial charge in [0, 0.05) is 37.2 Å². The molecule has 0 aromatic heterocycles. The molecule has 5 heteroatoms. The molecule has 2 amide bonds. The van der Waals surface area contributed by atoms with Crippen LogP contribution in [0.25, 0.3) is 0 Å². The second-order valence-electron chi connectivity index (χ2n) is 8.90. The third-order valence-corrected chi connectivity index (χ3v) is 7.68. The monoisotopic (exact) mass is 388 g/mol. The molecule has 4 fully saturated rings. The zero-order valence-corrected chi connectivity index (χ0v) is 16.5. The molecule has 4 aliphatic heterocycles. The Morgan fingerprint density at radius 3 is 2.66 bits per heavy atom. The molecule has 1 spiro atoms. The summed E-state index contributed by atoms with van der Waals surface area (Å²) >= 11 is 0. The standard InChI is InChI=1S/C24H24N2O3/c1-25-19-10-6-5-9-18(19)24(23(25)28)12-20-17-14-29-21(24)11-16(17)22(27)26(20)13-15-7-3-2-4-8-15/h2-10,16-17,20-21H,11-14H2,1H3/t16-,17+,20+,21-,24+/m1/s1. The van der Waals surface area contributed by atoms with Crippen molar-refractivity contribution in [2.24, 2.45) is 11.8 Å². The smallest absolute Gasteiger partial charge is 0.240 e. The Kier molecular flexibility index (Phi) is 3.52. The molecule has 29 heavy (non-hydrogen) atoms. The largest absolute Gasteiger partial charge is 0.376 e. The maximum absolute atomic E-state index is 13.6. The van der Waals surface area contributed by atoms with Crippen molar-refractivity contribution in [2.75, 3.05) is 18.6 Å². The number of ether oxygens (including phenoxy) is 1. The van der Waals surface area contributed by atoms with Crippen LogP contribution in [-0.2, 0) is 26.3 Å². The minimum atomic E-state index is -0.685. The lowest BCUT2D eigenvalue weighted by Gasteiger charge is -2.39. The first kappa shape index (κ1) is 17.2. The molecule has 0 N–H and O–H groups in total. The number of carbonyl (C=O) groups excluding carboxylic acids is 2. The van der Waals surface area contributed by atoms with Gasteiger partial charge in [-0.2, -0.15) is 0 Å². The molecule has 3 saturated heterocycles. The lowest BCUT2D eigenvalue weighted by molar-refractivity contribution is -0.143. The fourth-order valence-electron chi connectivity index (χ4n) is 6.30. The summed E-state index contributed by atoms with van der Waals surface area (Å²) in [6.45, 7) is 1.17. The number of likely N-dealkylation sites (N-methyl/N-ethyl adjacent to an activating group) is 1. The Morgan fingerprint density at radius 2 is 1.83 bits per heavy atom. The number of likely N-dealkylation sites (tertiary alicyclic amines) is 1. The van der Waals surface area contributed by atoms with Gasteiger partial charge in [-0.3, -0.25) is 9.59 Å². The van der Waals surface area contributed by atoms with Crippen molar-refractivity contribution >= 4 is 17.5 Å². The third kappa shape index (κ3) is 2.14. The van der Waals surface area contributed by atoms with Crippen molar-refractivity contribution < 1.29 is 14.3 Å². The van der Waals surface area contributed by atoms with Crippen LogP contribution in [0, 0.1) is 11.8 Å². The van der Waals surface area contributed by atoms with Crippen LogP contribution in [0.5, 0.6) is 0 Å². The summed E-state index contributed by atoms with van der Waals surface area (Å²) in [7, 11) is 1.86. The van der Waals surface area contributed by atoms with Crippen LogP contribution in [0.1, 0.15) is 24.0 Å². The predicted molar refractivity (Wildman–Crippen MR) is 108 cm³/mol. The van der Waals surface area contributed by atoms with Gasteiger partial charge in [-0.05, 0) is 30.0 Å². The average molecular weight is 388 g/mol. The van der Waals surface area contributed by atoms with Crippen LogP contribution in [0.3, 0.4) is 0 Å². The summed E-state index contributed by atoms with van der Waals surface area (Å²) in [5.74, 6) is 0.489. The Bertz CT molecular complexity index is 1010. The molecular formula is C24H24N2O3. The first-order valence-electron chi connectivity index (χ1n) is 10.4. The minimum absolute atomic E-state index is 0.0312. The number of para-hydroxylation sites is 1. The van der Waals surface area contributed by atoms with Gasteiger partial charge in [0.05, 0.1) is 12.7 Å². The molecule has 5 atom stereocenters. The predicted octanol–water partition coefficient (Wildman–Crippen LogP) is 2.74. The lowest BCUT2D eigenvalue weighted by Crippen LogP contribution is -2.53. The summed E-state index contributed by atoms with van der Waals surface area (Å²) in [5.41, 5.74) is 2.49. The Labute approximate surface area is 170 Å². The molecule has 4 bridgehead atoms. The molecule has 0 unspecified atom stereocenters. The van der Waals surface area contributed by atoms with Crippen molar-refractivity contribution in [3.8, 4) is 0 Å². The molecule has 2 aromatic rings. The maximum Gasteiger partial charge on any atom is 0.240 e. The molecule has 4 heterocycles. The normalized spacial score (nSPS) is 34.8. The number of benzene rings is 2. The Hall–Kier alpha value is -2.66. The van der Waals surface area contributed by atoms with E-state index in [2.05, 4.69) is 18.2 Å². The molecule has 0 radical (unpaired) electrons. The van der Waals surface area contributed by atoms with E-state index in [1.54, 1.807) is 4.90 Å². The fourth-order valence-corrected chi connectivity index (χ4v) is 6.30. The number of amides is 2. The van der Waals surface area contributed by atoms with Gasteiger partial charge in [0.25, 0.3) is 0 Å². The number of hydrogen-bond donors (Lipinski definition) is 0. The number of fused-ring (bicyclic) bond motifs is 2.